The maximum atomic E-state index is 13.9. The van der Waals surface area contributed by atoms with Crippen LogP contribution in [0.5, 0.6) is 11.5 Å². The molecule has 0 fully saturated rings. The van der Waals surface area contributed by atoms with Gasteiger partial charge in [0.15, 0.2) is 11.6 Å². The molecule has 0 aliphatic rings. The van der Waals surface area contributed by atoms with Crippen LogP contribution >= 0.6 is 0 Å². The molecule has 148 valence electrons. The van der Waals surface area contributed by atoms with Crippen molar-refractivity contribution in [2.45, 2.75) is 44.6 Å². The number of hydrogen-bond donors (Lipinski definition) is 1. The van der Waals surface area contributed by atoms with Crippen LogP contribution < -0.4 is 14.2 Å². The van der Waals surface area contributed by atoms with Crippen LogP contribution in [0.2, 0.25) is 0 Å². The summed E-state index contributed by atoms with van der Waals surface area (Å²) in [7, 11) is -0.957. The van der Waals surface area contributed by atoms with E-state index in [-0.39, 0.29) is 16.6 Å². The zero-order valence-electron chi connectivity index (χ0n) is 16.5. The molecule has 0 aliphatic carbocycles. The van der Waals surface area contributed by atoms with E-state index in [2.05, 4.69) is 4.72 Å². The van der Waals surface area contributed by atoms with Gasteiger partial charge in [0.2, 0.25) is 10.0 Å². The maximum Gasteiger partial charge on any atom is 0.241 e. The fourth-order valence-corrected chi connectivity index (χ4v) is 4.22. The quantitative estimate of drug-likeness (QED) is 0.759. The van der Waals surface area contributed by atoms with Gasteiger partial charge in [0.05, 0.1) is 19.1 Å². The van der Waals surface area contributed by atoms with Crippen molar-refractivity contribution < 1.29 is 22.3 Å². The Morgan fingerprint density at radius 3 is 2.11 bits per heavy atom. The molecule has 2 aromatic carbocycles. The SMILES string of the molecule is COc1ccc(S(=O)(=O)NC(C)c2cc(C(C)C)c(OC)cc2C)cc1F. The Labute approximate surface area is 160 Å². The molecule has 2 rings (SSSR count). The topological polar surface area (TPSA) is 64.6 Å². The van der Waals surface area contributed by atoms with E-state index in [1.54, 1.807) is 14.0 Å². The predicted octanol–water partition coefficient (Wildman–Crippen LogP) is 4.31. The van der Waals surface area contributed by atoms with E-state index in [0.717, 1.165) is 28.5 Å². The number of benzene rings is 2. The fraction of sp³-hybridized carbons (Fsp3) is 0.400. The van der Waals surface area contributed by atoms with E-state index >= 15 is 0 Å². The van der Waals surface area contributed by atoms with Crippen LogP contribution in [-0.4, -0.2) is 22.6 Å². The van der Waals surface area contributed by atoms with Crippen molar-refractivity contribution in [2.24, 2.45) is 0 Å². The average Bonchev–Trinajstić information content (AvgIpc) is 2.60. The second kappa shape index (κ2) is 8.27. The minimum absolute atomic E-state index is 0.00503. The third-order valence-corrected chi connectivity index (χ3v) is 6.01. The molecule has 1 atom stereocenters. The molecule has 0 saturated carbocycles. The van der Waals surface area contributed by atoms with Crippen molar-refractivity contribution in [3.63, 3.8) is 0 Å². The first kappa shape index (κ1) is 21.2. The van der Waals surface area contributed by atoms with Gasteiger partial charge >= 0.3 is 0 Å². The number of sulfonamides is 1. The van der Waals surface area contributed by atoms with Crippen molar-refractivity contribution in [3.05, 3.63) is 52.8 Å². The molecule has 0 heterocycles. The third kappa shape index (κ3) is 4.59. The smallest absolute Gasteiger partial charge is 0.241 e. The predicted molar refractivity (Wildman–Crippen MR) is 104 cm³/mol. The highest BCUT2D eigenvalue weighted by Crippen LogP contribution is 2.32. The van der Waals surface area contributed by atoms with Gasteiger partial charge in [-0.05, 0) is 66.8 Å². The number of nitrogens with one attached hydrogen (secondary N) is 1. The van der Waals surface area contributed by atoms with Gasteiger partial charge < -0.3 is 9.47 Å². The molecule has 0 aliphatic heterocycles. The number of rotatable bonds is 7. The summed E-state index contributed by atoms with van der Waals surface area (Å²) >= 11 is 0. The van der Waals surface area contributed by atoms with Gasteiger partial charge in [-0.2, -0.15) is 0 Å². The number of ether oxygens (including phenoxy) is 2. The summed E-state index contributed by atoms with van der Waals surface area (Å²) in [4.78, 5) is -0.150. The first-order valence-corrected chi connectivity index (χ1v) is 10.1. The lowest BCUT2D eigenvalue weighted by Crippen LogP contribution is -2.27. The van der Waals surface area contributed by atoms with Crippen molar-refractivity contribution >= 4 is 10.0 Å². The third-order valence-electron chi connectivity index (χ3n) is 4.47. The van der Waals surface area contributed by atoms with E-state index in [9.17, 15) is 12.8 Å². The van der Waals surface area contributed by atoms with Crippen LogP contribution in [0.3, 0.4) is 0 Å². The molecule has 0 radical (unpaired) electrons. The lowest BCUT2D eigenvalue weighted by Gasteiger charge is -2.21. The lowest BCUT2D eigenvalue weighted by molar-refractivity contribution is 0.385. The van der Waals surface area contributed by atoms with E-state index in [0.29, 0.717) is 0 Å². The second-order valence-electron chi connectivity index (χ2n) is 6.74. The Hall–Kier alpha value is -2.12. The van der Waals surface area contributed by atoms with E-state index < -0.39 is 21.9 Å². The first-order valence-electron chi connectivity index (χ1n) is 8.65. The second-order valence-corrected chi connectivity index (χ2v) is 8.46. The summed E-state index contributed by atoms with van der Waals surface area (Å²) < 4.78 is 52.1. The molecule has 1 unspecified atom stereocenters. The molecule has 7 heteroatoms. The van der Waals surface area contributed by atoms with Gasteiger partial charge in [-0.1, -0.05) is 13.8 Å². The molecule has 0 spiro atoms. The number of methoxy groups -OCH3 is 2. The van der Waals surface area contributed by atoms with Crippen LogP contribution in [-0.2, 0) is 10.0 Å². The van der Waals surface area contributed by atoms with Gasteiger partial charge in [-0.15, -0.1) is 0 Å². The first-order chi connectivity index (χ1) is 12.6. The van der Waals surface area contributed by atoms with Crippen LogP contribution in [0.4, 0.5) is 4.39 Å². The molecule has 1 N–H and O–H groups in total. The van der Waals surface area contributed by atoms with E-state index in [4.69, 9.17) is 9.47 Å². The molecule has 5 nitrogen and oxygen atoms in total. The van der Waals surface area contributed by atoms with E-state index in [1.165, 1.54) is 19.2 Å². The van der Waals surface area contributed by atoms with Crippen LogP contribution in [0.15, 0.2) is 35.2 Å². The standard InChI is InChI=1S/C20H26FNO4S/c1-12(2)16-11-17(13(3)9-20(16)26-6)14(4)22-27(23,24)15-7-8-19(25-5)18(21)10-15/h7-12,14,22H,1-6H3. The Morgan fingerprint density at radius 1 is 0.963 bits per heavy atom. The zero-order valence-corrected chi connectivity index (χ0v) is 17.3. The average molecular weight is 395 g/mol. The van der Waals surface area contributed by atoms with Crippen LogP contribution in [0.25, 0.3) is 0 Å². The Bertz CT molecular complexity index is 926. The molecule has 0 saturated heterocycles. The fourth-order valence-electron chi connectivity index (χ4n) is 2.99. The van der Waals surface area contributed by atoms with E-state index in [1.807, 2.05) is 32.9 Å². The number of hydrogen-bond acceptors (Lipinski definition) is 4. The molecule has 0 bridgehead atoms. The van der Waals surface area contributed by atoms with Crippen molar-refractivity contribution in [1.29, 1.82) is 0 Å². The van der Waals surface area contributed by atoms with Gasteiger partial charge in [-0.25, -0.2) is 17.5 Å². The largest absolute Gasteiger partial charge is 0.496 e. The Balaban J connectivity index is 2.37. The molecule has 27 heavy (non-hydrogen) atoms. The molecular formula is C20H26FNO4S. The van der Waals surface area contributed by atoms with Gasteiger partial charge in [0.25, 0.3) is 0 Å². The van der Waals surface area contributed by atoms with Gasteiger partial charge in [-0.3, -0.25) is 0 Å². The maximum absolute atomic E-state index is 13.9. The monoisotopic (exact) mass is 395 g/mol. The summed E-state index contributed by atoms with van der Waals surface area (Å²) in [5.74, 6) is 0.266. The summed E-state index contributed by atoms with van der Waals surface area (Å²) in [6.07, 6.45) is 0. The summed E-state index contributed by atoms with van der Waals surface area (Å²) in [5.41, 5.74) is 2.75. The molecule has 0 aromatic heterocycles. The highest BCUT2D eigenvalue weighted by atomic mass is 32.2. The minimum Gasteiger partial charge on any atom is -0.496 e. The lowest BCUT2D eigenvalue weighted by atomic mass is 9.94. The highest BCUT2D eigenvalue weighted by Gasteiger charge is 2.22. The molecule has 2 aromatic rings. The van der Waals surface area contributed by atoms with Gasteiger partial charge in [0, 0.05) is 6.04 Å². The molecular weight excluding hydrogens is 369 g/mol. The van der Waals surface area contributed by atoms with Crippen molar-refractivity contribution in [2.75, 3.05) is 14.2 Å². The zero-order chi connectivity index (χ0) is 20.4. The van der Waals surface area contributed by atoms with Crippen LogP contribution in [0.1, 0.15) is 49.4 Å². The number of halogens is 1. The summed E-state index contributed by atoms with van der Waals surface area (Å²) in [6.45, 7) is 7.76. The Kier molecular flexibility index (Phi) is 6.49. The molecule has 0 amide bonds. The normalized spacial score (nSPS) is 12.9. The van der Waals surface area contributed by atoms with Crippen molar-refractivity contribution in [1.82, 2.24) is 4.72 Å². The number of aryl methyl sites for hydroxylation is 1. The van der Waals surface area contributed by atoms with Crippen molar-refractivity contribution in [3.8, 4) is 11.5 Å². The highest BCUT2D eigenvalue weighted by molar-refractivity contribution is 7.89. The van der Waals surface area contributed by atoms with Crippen LogP contribution in [0, 0.1) is 12.7 Å². The van der Waals surface area contributed by atoms with Gasteiger partial charge in [0.1, 0.15) is 5.75 Å². The minimum atomic E-state index is -3.90. The summed E-state index contributed by atoms with van der Waals surface area (Å²) in [6, 6.07) is 6.93. The summed E-state index contributed by atoms with van der Waals surface area (Å²) in [5, 5.41) is 0. The Morgan fingerprint density at radius 2 is 1.59 bits per heavy atom.